The van der Waals surface area contributed by atoms with Crippen LogP contribution in [0, 0.1) is 0 Å². The highest BCUT2D eigenvalue weighted by atomic mass is 16.5. The Kier molecular flexibility index (Phi) is 7.02. The van der Waals surface area contributed by atoms with Crippen molar-refractivity contribution in [3.63, 3.8) is 0 Å². The Morgan fingerprint density at radius 2 is 1.84 bits per heavy atom. The van der Waals surface area contributed by atoms with E-state index in [1.54, 1.807) is 7.11 Å². The number of carbonyl (C=O) groups is 1. The minimum atomic E-state index is -0.613. The molecule has 0 heterocycles. The Morgan fingerprint density at radius 3 is 2.52 bits per heavy atom. The fourth-order valence-electron chi connectivity index (χ4n) is 2.79. The number of hydrogen-bond donors (Lipinski definition) is 2. The Labute approximate surface area is 149 Å². The van der Waals surface area contributed by atoms with Gasteiger partial charge < -0.3 is 15.2 Å². The van der Waals surface area contributed by atoms with Crippen molar-refractivity contribution in [1.82, 2.24) is 5.32 Å². The normalized spacial score (nSPS) is 14.4. The monoisotopic (exact) mass is 341 g/mol. The van der Waals surface area contributed by atoms with Crippen molar-refractivity contribution in [2.45, 2.75) is 44.8 Å². The van der Waals surface area contributed by atoms with Crippen LogP contribution in [0.3, 0.4) is 0 Å². The average Bonchev–Trinajstić information content (AvgIpc) is 2.62. The minimum absolute atomic E-state index is 0.0602. The van der Waals surface area contributed by atoms with Crippen LogP contribution >= 0.6 is 0 Å². The zero-order chi connectivity index (χ0) is 18.2. The summed E-state index contributed by atoms with van der Waals surface area (Å²) in [6, 6.07) is 17.2. The molecule has 4 nitrogen and oxygen atoms in total. The van der Waals surface area contributed by atoms with Crippen LogP contribution in [0.5, 0.6) is 5.75 Å². The summed E-state index contributed by atoms with van der Waals surface area (Å²) in [7, 11) is 1.63. The Bertz CT molecular complexity index is 672. The zero-order valence-electron chi connectivity index (χ0n) is 15.1. The molecular formula is C21H27NO3. The maximum absolute atomic E-state index is 12.3. The molecular weight excluding hydrogens is 314 g/mol. The predicted octanol–water partition coefficient (Wildman–Crippen LogP) is 3.30. The molecule has 2 aromatic rings. The summed E-state index contributed by atoms with van der Waals surface area (Å²) >= 11 is 0. The summed E-state index contributed by atoms with van der Waals surface area (Å²) in [5.41, 5.74) is 2.12. The molecule has 3 atom stereocenters. The van der Waals surface area contributed by atoms with Gasteiger partial charge in [-0.25, -0.2) is 0 Å². The molecule has 0 spiro atoms. The third-order valence-electron chi connectivity index (χ3n) is 4.41. The molecule has 25 heavy (non-hydrogen) atoms. The van der Waals surface area contributed by atoms with E-state index in [0.29, 0.717) is 12.8 Å². The SMILES string of the molecule is COc1cccc(C(C)CC(=O)NC(C)C(O)Cc2ccccc2)c1. The Hall–Kier alpha value is -2.33. The summed E-state index contributed by atoms with van der Waals surface area (Å²) in [6.45, 7) is 3.85. The number of hydrogen-bond acceptors (Lipinski definition) is 3. The average molecular weight is 341 g/mol. The largest absolute Gasteiger partial charge is 0.497 e. The van der Waals surface area contributed by atoms with Crippen LogP contribution in [0.4, 0.5) is 0 Å². The highest BCUT2D eigenvalue weighted by Gasteiger charge is 2.19. The van der Waals surface area contributed by atoms with Gasteiger partial charge in [-0.05, 0) is 36.1 Å². The number of amides is 1. The van der Waals surface area contributed by atoms with Crippen LogP contribution in [0.2, 0.25) is 0 Å². The summed E-state index contributed by atoms with van der Waals surface area (Å²) < 4.78 is 5.23. The molecule has 0 saturated carbocycles. The molecule has 0 fully saturated rings. The second kappa shape index (κ2) is 9.23. The van der Waals surface area contributed by atoms with Gasteiger partial charge >= 0.3 is 0 Å². The smallest absolute Gasteiger partial charge is 0.220 e. The molecule has 0 saturated heterocycles. The Morgan fingerprint density at radius 1 is 1.12 bits per heavy atom. The molecule has 3 unspecified atom stereocenters. The fraction of sp³-hybridized carbons (Fsp3) is 0.381. The van der Waals surface area contributed by atoms with Gasteiger partial charge in [0.1, 0.15) is 5.75 Å². The van der Waals surface area contributed by atoms with Gasteiger partial charge in [-0.1, -0.05) is 49.4 Å². The van der Waals surface area contributed by atoms with E-state index in [0.717, 1.165) is 16.9 Å². The van der Waals surface area contributed by atoms with Gasteiger partial charge in [-0.3, -0.25) is 4.79 Å². The van der Waals surface area contributed by atoms with E-state index in [4.69, 9.17) is 4.74 Å². The quantitative estimate of drug-likeness (QED) is 0.774. The summed E-state index contributed by atoms with van der Waals surface area (Å²) in [6.07, 6.45) is 0.280. The minimum Gasteiger partial charge on any atom is -0.497 e. The van der Waals surface area contributed by atoms with Crippen LogP contribution < -0.4 is 10.1 Å². The number of aliphatic hydroxyl groups is 1. The van der Waals surface area contributed by atoms with Crippen LogP contribution in [0.1, 0.15) is 37.3 Å². The standard InChI is InChI=1S/C21H27NO3/c1-15(18-10-7-11-19(14-18)25-3)12-21(24)22-16(2)20(23)13-17-8-5-4-6-9-17/h4-11,14-16,20,23H,12-13H2,1-3H3,(H,22,24). The first-order chi connectivity index (χ1) is 12.0. The van der Waals surface area contributed by atoms with Crippen molar-refractivity contribution in [2.75, 3.05) is 7.11 Å². The van der Waals surface area contributed by atoms with Gasteiger partial charge in [0.15, 0.2) is 0 Å². The van der Waals surface area contributed by atoms with Crippen molar-refractivity contribution in [2.24, 2.45) is 0 Å². The van der Waals surface area contributed by atoms with Gasteiger partial charge in [-0.15, -0.1) is 0 Å². The van der Waals surface area contributed by atoms with Gasteiger partial charge in [0.25, 0.3) is 0 Å². The van der Waals surface area contributed by atoms with Gasteiger partial charge in [0, 0.05) is 12.8 Å². The first-order valence-corrected chi connectivity index (χ1v) is 8.65. The van der Waals surface area contributed by atoms with E-state index < -0.39 is 6.10 Å². The number of aliphatic hydroxyl groups excluding tert-OH is 1. The van der Waals surface area contributed by atoms with Crippen LogP contribution in [-0.4, -0.2) is 30.3 Å². The topological polar surface area (TPSA) is 58.6 Å². The molecule has 1 amide bonds. The van der Waals surface area contributed by atoms with Crippen molar-refractivity contribution in [3.05, 3.63) is 65.7 Å². The Balaban J connectivity index is 1.85. The van der Waals surface area contributed by atoms with E-state index in [9.17, 15) is 9.90 Å². The molecule has 0 radical (unpaired) electrons. The number of methoxy groups -OCH3 is 1. The van der Waals surface area contributed by atoms with E-state index in [-0.39, 0.29) is 17.9 Å². The molecule has 0 aliphatic heterocycles. The maximum atomic E-state index is 12.3. The first kappa shape index (κ1) is 19.0. The molecule has 0 aromatic heterocycles. The second-order valence-electron chi connectivity index (χ2n) is 6.50. The third kappa shape index (κ3) is 5.91. The predicted molar refractivity (Wildman–Crippen MR) is 99.8 cm³/mol. The van der Waals surface area contributed by atoms with E-state index >= 15 is 0 Å². The molecule has 0 aliphatic carbocycles. The van der Waals surface area contributed by atoms with E-state index in [1.165, 1.54) is 0 Å². The van der Waals surface area contributed by atoms with Crippen molar-refractivity contribution in [3.8, 4) is 5.75 Å². The van der Waals surface area contributed by atoms with Gasteiger partial charge in [-0.2, -0.15) is 0 Å². The highest BCUT2D eigenvalue weighted by Crippen LogP contribution is 2.23. The van der Waals surface area contributed by atoms with Crippen LogP contribution in [-0.2, 0) is 11.2 Å². The molecule has 0 aliphatic rings. The molecule has 2 N–H and O–H groups in total. The lowest BCUT2D eigenvalue weighted by Crippen LogP contribution is -2.42. The van der Waals surface area contributed by atoms with Crippen molar-refractivity contribution < 1.29 is 14.6 Å². The number of ether oxygens (including phenoxy) is 1. The highest BCUT2D eigenvalue weighted by molar-refractivity contribution is 5.77. The zero-order valence-corrected chi connectivity index (χ0v) is 15.1. The molecule has 2 aromatic carbocycles. The lowest BCUT2D eigenvalue weighted by Gasteiger charge is -2.21. The lowest BCUT2D eigenvalue weighted by molar-refractivity contribution is -0.122. The van der Waals surface area contributed by atoms with E-state index in [2.05, 4.69) is 5.32 Å². The number of benzene rings is 2. The first-order valence-electron chi connectivity index (χ1n) is 8.65. The molecule has 134 valence electrons. The third-order valence-corrected chi connectivity index (χ3v) is 4.41. The van der Waals surface area contributed by atoms with Crippen molar-refractivity contribution >= 4 is 5.91 Å². The lowest BCUT2D eigenvalue weighted by atomic mass is 9.96. The van der Waals surface area contributed by atoms with Crippen LogP contribution in [0.15, 0.2) is 54.6 Å². The maximum Gasteiger partial charge on any atom is 0.220 e. The van der Waals surface area contributed by atoms with E-state index in [1.807, 2.05) is 68.4 Å². The van der Waals surface area contributed by atoms with Gasteiger partial charge in [0.2, 0.25) is 5.91 Å². The fourth-order valence-corrected chi connectivity index (χ4v) is 2.79. The second-order valence-corrected chi connectivity index (χ2v) is 6.50. The van der Waals surface area contributed by atoms with Gasteiger partial charge in [0.05, 0.1) is 19.3 Å². The summed E-state index contributed by atoms with van der Waals surface area (Å²) in [4.78, 5) is 12.3. The molecule has 0 bridgehead atoms. The number of carbonyl (C=O) groups excluding carboxylic acids is 1. The number of rotatable bonds is 8. The molecule has 2 rings (SSSR count). The number of nitrogens with one attached hydrogen (secondary N) is 1. The summed E-state index contributed by atoms with van der Waals surface area (Å²) in [5.74, 6) is 0.805. The summed E-state index contributed by atoms with van der Waals surface area (Å²) in [5, 5.41) is 13.2. The van der Waals surface area contributed by atoms with Crippen LogP contribution in [0.25, 0.3) is 0 Å². The van der Waals surface area contributed by atoms with Crippen molar-refractivity contribution in [1.29, 1.82) is 0 Å². The molecule has 4 heteroatoms.